The number of halogens is 1. The number of nitrogens with one attached hydrogen (secondary N) is 1. The molecule has 12 heavy (non-hydrogen) atoms. The molecule has 0 bridgehead atoms. The average Bonchev–Trinajstić information content (AvgIpc) is 2.01. The van der Waals surface area contributed by atoms with E-state index in [1.807, 2.05) is 12.1 Å². The molecule has 64 valence electrons. The molecule has 0 radical (unpaired) electrons. The van der Waals surface area contributed by atoms with Crippen molar-refractivity contribution in [3.05, 3.63) is 28.5 Å². The summed E-state index contributed by atoms with van der Waals surface area (Å²) in [6, 6.07) is 3.72. The van der Waals surface area contributed by atoms with Gasteiger partial charge in [-0.2, -0.15) is 0 Å². The fourth-order valence-corrected chi connectivity index (χ4v) is 1.88. The normalized spacial score (nSPS) is 20.2. The zero-order valence-corrected chi connectivity index (χ0v) is 8.00. The van der Waals surface area contributed by atoms with Crippen molar-refractivity contribution in [3.63, 3.8) is 0 Å². The summed E-state index contributed by atoms with van der Waals surface area (Å²) in [6.07, 6.45) is 1.69. The molecule has 0 unspecified atom stereocenters. The van der Waals surface area contributed by atoms with E-state index in [4.69, 9.17) is 0 Å². The zero-order valence-electron chi connectivity index (χ0n) is 6.42. The third kappa shape index (κ3) is 1.16. The van der Waals surface area contributed by atoms with Gasteiger partial charge < -0.3 is 10.4 Å². The van der Waals surface area contributed by atoms with E-state index in [9.17, 15) is 5.11 Å². The molecule has 0 spiro atoms. The zero-order chi connectivity index (χ0) is 8.60. The second kappa shape index (κ2) is 2.80. The van der Waals surface area contributed by atoms with Crippen molar-refractivity contribution in [2.45, 2.75) is 5.60 Å². The van der Waals surface area contributed by atoms with Crippen LogP contribution in [-0.4, -0.2) is 23.2 Å². The Morgan fingerprint density at radius 1 is 1.58 bits per heavy atom. The van der Waals surface area contributed by atoms with Crippen LogP contribution in [0.2, 0.25) is 0 Å². The molecule has 1 aliphatic rings. The first-order valence-electron chi connectivity index (χ1n) is 3.76. The van der Waals surface area contributed by atoms with E-state index >= 15 is 0 Å². The van der Waals surface area contributed by atoms with Crippen molar-refractivity contribution >= 4 is 15.9 Å². The third-order valence-corrected chi connectivity index (χ3v) is 2.67. The highest BCUT2D eigenvalue weighted by Crippen LogP contribution is 2.28. The summed E-state index contributed by atoms with van der Waals surface area (Å²) in [4.78, 5) is 4.14. The first-order valence-corrected chi connectivity index (χ1v) is 4.56. The van der Waals surface area contributed by atoms with Gasteiger partial charge in [0.2, 0.25) is 0 Å². The molecular formula is C8H9BrN2O. The lowest BCUT2D eigenvalue weighted by Crippen LogP contribution is -2.57. The average molecular weight is 229 g/mol. The number of hydrogen-bond donors (Lipinski definition) is 2. The molecule has 2 heterocycles. The molecule has 1 aromatic rings. The van der Waals surface area contributed by atoms with Gasteiger partial charge in [0.25, 0.3) is 0 Å². The maximum absolute atomic E-state index is 9.91. The third-order valence-electron chi connectivity index (χ3n) is 2.03. The SMILES string of the molecule is OC1(c2ncccc2Br)CNC1. The molecule has 0 amide bonds. The van der Waals surface area contributed by atoms with Crippen LogP contribution in [0.25, 0.3) is 0 Å². The van der Waals surface area contributed by atoms with Crippen LogP contribution < -0.4 is 5.32 Å². The van der Waals surface area contributed by atoms with E-state index in [0.717, 1.165) is 10.2 Å². The largest absolute Gasteiger partial charge is 0.381 e. The van der Waals surface area contributed by atoms with E-state index in [0.29, 0.717) is 13.1 Å². The summed E-state index contributed by atoms with van der Waals surface area (Å²) in [5, 5.41) is 12.9. The second-order valence-corrected chi connectivity index (χ2v) is 3.82. The number of aliphatic hydroxyl groups is 1. The van der Waals surface area contributed by atoms with Crippen molar-refractivity contribution in [1.82, 2.24) is 10.3 Å². The van der Waals surface area contributed by atoms with Crippen LogP contribution in [-0.2, 0) is 5.60 Å². The predicted octanol–water partition coefficient (Wildman–Crippen LogP) is 0.635. The van der Waals surface area contributed by atoms with Crippen molar-refractivity contribution in [1.29, 1.82) is 0 Å². The molecule has 4 heteroatoms. The van der Waals surface area contributed by atoms with Crippen LogP contribution in [0.15, 0.2) is 22.8 Å². The molecule has 0 aromatic carbocycles. The number of hydrogen-bond acceptors (Lipinski definition) is 3. The Morgan fingerprint density at radius 2 is 2.33 bits per heavy atom. The molecule has 1 fully saturated rings. The summed E-state index contributed by atoms with van der Waals surface area (Å²) in [5.41, 5.74) is -0.0381. The Kier molecular flexibility index (Phi) is 1.90. The maximum Gasteiger partial charge on any atom is 0.132 e. The van der Waals surface area contributed by atoms with Crippen LogP contribution in [0.5, 0.6) is 0 Å². The molecular weight excluding hydrogens is 220 g/mol. The lowest BCUT2D eigenvalue weighted by atomic mass is 9.93. The standard InChI is InChI=1S/C8H9BrN2O/c9-6-2-1-3-11-7(6)8(12)4-10-5-8/h1-3,10,12H,4-5H2. The highest BCUT2D eigenvalue weighted by molar-refractivity contribution is 9.10. The van der Waals surface area contributed by atoms with Gasteiger partial charge in [0.15, 0.2) is 0 Å². The number of β-amino-alcohol motifs (C(OH)–C–C–N with tert-alkyl or cyclic N) is 1. The van der Waals surface area contributed by atoms with Crippen molar-refractivity contribution < 1.29 is 5.11 Å². The minimum Gasteiger partial charge on any atom is -0.381 e. The van der Waals surface area contributed by atoms with Crippen molar-refractivity contribution in [3.8, 4) is 0 Å². The van der Waals surface area contributed by atoms with Crippen LogP contribution in [0, 0.1) is 0 Å². The Bertz CT molecular complexity index is 299. The lowest BCUT2D eigenvalue weighted by molar-refractivity contribution is -0.0192. The topological polar surface area (TPSA) is 45.2 Å². The van der Waals surface area contributed by atoms with Crippen molar-refractivity contribution in [2.24, 2.45) is 0 Å². The minimum absolute atomic E-state index is 0.586. The van der Waals surface area contributed by atoms with Crippen LogP contribution in [0.4, 0.5) is 0 Å². The van der Waals surface area contributed by atoms with Crippen LogP contribution in [0.1, 0.15) is 5.69 Å². The Balaban J connectivity index is 2.39. The fraction of sp³-hybridized carbons (Fsp3) is 0.375. The molecule has 0 atom stereocenters. The molecule has 1 aliphatic heterocycles. The van der Waals surface area contributed by atoms with Gasteiger partial charge >= 0.3 is 0 Å². The first kappa shape index (κ1) is 8.16. The van der Waals surface area contributed by atoms with Gasteiger partial charge in [-0.25, -0.2) is 0 Å². The number of nitrogens with zero attached hydrogens (tertiary/aromatic N) is 1. The molecule has 1 saturated heterocycles. The van der Waals surface area contributed by atoms with E-state index in [-0.39, 0.29) is 0 Å². The smallest absolute Gasteiger partial charge is 0.132 e. The summed E-state index contributed by atoms with van der Waals surface area (Å²) in [7, 11) is 0. The lowest BCUT2D eigenvalue weighted by Gasteiger charge is -2.37. The van der Waals surface area contributed by atoms with Gasteiger partial charge in [0, 0.05) is 23.8 Å². The second-order valence-electron chi connectivity index (χ2n) is 2.97. The highest BCUT2D eigenvalue weighted by atomic mass is 79.9. The molecule has 1 aromatic heterocycles. The molecule has 3 nitrogen and oxygen atoms in total. The van der Waals surface area contributed by atoms with Gasteiger partial charge in [-0.3, -0.25) is 4.98 Å². The van der Waals surface area contributed by atoms with Crippen LogP contribution in [0.3, 0.4) is 0 Å². The predicted molar refractivity (Wildman–Crippen MR) is 48.7 cm³/mol. The van der Waals surface area contributed by atoms with Gasteiger partial charge in [0.1, 0.15) is 5.60 Å². The monoisotopic (exact) mass is 228 g/mol. The van der Waals surface area contributed by atoms with Gasteiger partial charge in [-0.15, -0.1) is 0 Å². The number of rotatable bonds is 1. The molecule has 2 N–H and O–H groups in total. The van der Waals surface area contributed by atoms with E-state index in [1.54, 1.807) is 6.20 Å². The van der Waals surface area contributed by atoms with Gasteiger partial charge in [-0.1, -0.05) is 0 Å². The van der Waals surface area contributed by atoms with Crippen LogP contribution >= 0.6 is 15.9 Å². The Hall–Kier alpha value is -0.450. The summed E-state index contributed by atoms with van der Waals surface area (Å²) < 4.78 is 0.869. The molecule has 0 aliphatic carbocycles. The summed E-state index contributed by atoms with van der Waals surface area (Å²) >= 11 is 3.36. The summed E-state index contributed by atoms with van der Waals surface area (Å²) in [6.45, 7) is 1.17. The van der Waals surface area contributed by atoms with E-state index < -0.39 is 5.60 Å². The van der Waals surface area contributed by atoms with E-state index in [1.165, 1.54) is 0 Å². The Morgan fingerprint density at radius 3 is 2.83 bits per heavy atom. The quantitative estimate of drug-likeness (QED) is 0.742. The highest BCUT2D eigenvalue weighted by Gasteiger charge is 2.38. The molecule has 2 rings (SSSR count). The minimum atomic E-state index is -0.764. The van der Waals surface area contributed by atoms with Gasteiger partial charge in [0.05, 0.1) is 5.69 Å². The summed E-state index contributed by atoms with van der Waals surface area (Å²) in [5.74, 6) is 0. The first-order chi connectivity index (χ1) is 5.72. The fourth-order valence-electron chi connectivity index (χ4n) is 1.26. The maximum atomic E-state index is 9.91. The van der Waals surface area contributed by atoms with E-state index in [2.05, 4.69) is 26.2 Å². The molecule has 0 saturated carbocycles. The Labute approximate surface area is 79.0 Å². The van der Waals surface area contributed by atoms with Gasteiger partial charge in [-0.05, 0) is 28.1 Å². The number of aromatic nitrogens is 1. The number of pyridine rings is 1. The van der Waals surface area contributed by atoms with Crippen molar-refractivity contribution in [2.75, 3.05) is 13.1 Å².